The first-order valence-corrected chi connectivity index (χ1v) is 7.98. The lowest BCUT2D eigenvalue weighted by Gasteiger charge is -2.35. The molecule has 2 aromatic rings. The quantitative estimate of drug-likeness (QED) is 0.911. The van der Waals surface area contributed by atoms with Crippen molar-refractivity contribution in [1.82, 2.24) is 0 Å². The van der Waals surface area contributed by atoms with Gasteiger partial charge in [0.25, 0.3) is 0 Å². The zero-order chi connectivity index (χ0) is 16.2. The maximum absolute atomic E-state index is 9.78. The fraction of sp³-hybridized carbons (Fsp3) is 0.368. The molecule has 1 aliphatic rings. The molecule has 0 spiro atoms. The van der Waals surface area contributed by atoms with E-state index in [2.05, 4.69) is 36.4 Å². The van der Waals surface area contributed by atoms with E-state index in [1.165, 1.54) is 11.1 Å². The molecule has 3 N–H and O–H groups in total. The molecule has 0 aromatic heterocycles. The number of aliphatic hydroxyl groups is 1. The molecule has 4 atom stereocenters. The van der Waals surface area contributed by atoms with Crippen LogP contribution in [0, 0.1) is 0 Å². The summed E-state index contributed by atoms with van der Waals surface area (Å²) in [6, 6.07) is 18.3. The van der Waals surface area contributed by atoms with Gasteiger partial charge in [-0.05, 0) is 23.6 Å². The van der Waals surface area contributed by atoms with E-state index in [0.29, 0.717) is 13.0 Å². The predicted octanol–water partition coefficient (Wildman–Crippen LogP) is 2.69. The first-order valence-electron chi connectivity index (χ1n) is 7.98. The third-order valence-corrected chi connectivity index (χ3v) is 4.25. The van der Waals surface area contributed by atoms with Gasteiger partial charge in [0.2, 0.25) is 0 Å². The molecule has 1 heterocycles. The van der Waals surface area contributed by atoms with E-state index < -0.39 is 6.10 Å². The van der Waals surface area contributed by atoms with Crippen molar-refractivity contribution < 1.29 is 14.6 Å². The molecule has 0 aliphatic carbocycles. The van der Waals surface area contributed by atoms with Crippen molar-refractivity contribution in [3.63, 3.8) is 0 Å². The second kappa shape index (κ2) is 7.23. The molecule has 122 valence electrons. The third kappa shape index (κ3) is 3.98. The van der Waals surface area contributed by atoms with Crippen molar-refractivity contribution in [3.05, 3.63) is 60.2 Å². The number of benzene rings is 2. The van der Waals surface area contributed by atoms with Crippen LogP contribution >= 0.6 is 0 Å². The summed E-state index contributed by atoms with van der Waals surface area (Å²) in [5.41, 5.74) is 9.37. The minimum atomic E-state index is -0.625. The molecule has 0 radical (unpaired) electrons. The lowest BCUT2D eigenvalue weighted by Crippen LogP contribution is -2.51. The molecule has 0 bridgehead atoms. The fourth-order valence-electron chi connectivity index (χ4n) is 2.81. The van der Waals surface area contributed by atoms with Gasteiger partial charge in [-0.1, -0.05) is 54.6 Å². The van der Waals surface area contributed by atoms with Crippen molar-refractivity contribution >= 4 is 0 Å². The number of ether oxygens (including phenoxy) is 2. The third-order valence-electron chi connectivity index (χ3n) is 4.25. The van der Waals surface area contributed by atoms with E-state index in [0.717, 1.165) is 5.56 Å². The topological polar surface area (TPSA) is 64.7 Å². The smallest absolute Gasteiger partial charge is 0.160 e. The van der Waals surface area contributed by atoms with Gasteiger partial charge in [-0.25, -0.2) is 0 Å². The van der Waals surface area contributed by atoms with E-state index in [1.807, 2.05) is 25.1 Å². The highest BCUT2D eigenvalue weighted by Gasteiger charge is 2.33. The Balaban J connectivity index is 1.57. The van der Waals surface area contributed by atoms with Crippen LogP contribution in [0.15, 0.2) is 54.6 Å². The largest absolute Gasteiger partial charge is 0.389 e. The van der Waals surface area contributed by atoms with Crippen LogP contribution in [-0.2, 0) is 16.1 Å². The average Bonchev–Trinajstić information content (AvgIpc) is 2.59. The highest BCUT2D eigenvalue weighted by atomic mass is 16.7. The minimum absolute atomic E-state index is 0.302. The van der Waals surface area contributed by atoms with Crippen molar-refractivity contribution in [2.45, 2.75) is 44.5 Å². The van der Waals surface area contributed by atoms with Crippen LogP contribution in [0.4, 0.5) is 0 Å². The minimum Gasteiger partial charge on any atom is -0.389 e. The molecule has 1 aliphatic heterocycles. The van der Waals surface area contributed by atoms with Crippen molar-refractivity contribution in [1.29, 1.82) is 0 Å². The summed E-state index contributed by atoms with van der Waals surface area (Å²) in [5, 5.41) is 9.78. The first kappa shape index (κ1) is 16.1. The van der Waals surface area contributed by atoms with E-state index in [-0.39, 0.29) is 18.4 Å². The van der Waals surface area contributed by atoms with Gasteiger partial charge in [-0.3, -0.25) is 0 Å². The SMILES string of the molecule is C[C@@H]1O[C@@H](OCc2ccc(-c3ccccc3)cc2)C[C@@H](N)[C@H]1O. The normalized spacial score (nSPS) is 27.8. The van der Waals surface area contributed by atoms with E-state index in [9.17, 15) is 5.11 Å². The van der Waals surface area contributed by atoms with E-state index >= 15 is 0 Å². The van der Waals surface area contributed by atoms with Gasteiger partial charge in [0.05, 0.1) is 18.8 Å². The standard InChI is InChI=1S/C19H23NO3/c1-13-19(21)17(20)11-18(23-13)22-12-14-7-9-16(10-8-14)15-5-3-2-4-6-15/h2-10,13,17-19,21H,11-12,20H2,1H3/t13-,17+,18+,19-/m0/s1. The lowest BCUT2D eigenvalue weighted by molar-refractivity contribution is -0.226. The van der Waals surface area contributed by atoms with Crippen LogP contribution in [0.3, 0.4) is 0 Å². The second-order valence-corrected chi connectivity index (χ2v) is 6.03. The number of hydrogen-bond acceptors (Lipinski definition) is 4. The maximum atomic E-state index is 9.78. The van der Waals surface area contributed by atoms with Crippen molar-refractivity contribution in [2.24, 2.45) is 5.73 Å². The van der Waals surface area contributed by atoms with Gasteiger partial charge in [0.15, 0.2) is 6.29 Å². The molecule has 0 saturated carbocycles. The van der Waals surface area contributed by atoms with Crippen molar-refractivity contribution in [3.8, 4) is 11.1 Å². The zero-order valence-corrected chi connectivity index (χ0v) is 13.3. The van der Waals surface area contributed by atoms with Crippen LogP contribution in [0.5, 0.6) is 0 Å². The summed E-state index contributed by atoms with van der Waals surface area (Å²) in [7, 11) is 0. The molecular formula is C19H23NO3. The summed E-state index contributed by atoms with van der Waals surface area (Å²) in [6.45, 7) is 2.28. The highest BCUT2D eigenvalue weighted by Crippen LogP contribution is 2.22. The van der Waals surface area contributed by atoms with Gasteiger partial charge < -0.3 is 20.3 Å². The Hall–Kier alpha value is -1.72. The van der Waals surface area contributed by atoms with Gasteiger partial charge in [-0.15, -0.1) is 0 Å². The number of nitrogens with two attached hydrogens (primary N) is 1. The summed E-state index contributed by atoms with van der Waals surface area (Å²) in [5.74, 6) is 0. The first-order chi connectivity index (χ1) is 11.1. The van der Waals surface area contributed by atoms with Crippen LogP contribution in [0.2, 0.25) is 0 Å². The van der Waals surface area contributed by atoms with E-state index in [4.69, 9.17) is 15.2 Å². The van der Waals surface area contributed by atoms with Crippen LogP contribution in [0.25, 0.3) is 11.1 Å². The molecule has 3 rings (SSSR count). The molecule has 0 unspecified atom stereocenters. The lowest BCUT2D eigenvalue weighted by atomic mass is 10.0. The number of hydrogen-bond donors (Lipinski definition) is 2. The van der Waals surface area contributed by atoms with Crippen LogP contribution < -0.4 is 5.73 Å². The predicted molar refractivity (Wildman–Crippen MR) is 89.6 cm³/mol. The summed E-state index contributed by atoms with van der Waals surface area (Å²) < 4.78 is 11.4. The van der Waals surface area contributed by atoms with Gasteiger partial charge >= 0.3 is 0 Å². The number of rotatable bonds is 4. The van der Waals surface area contributed by atoms with Gasteiger partial charge in [0.1, 0.15) is 0 Å². The molecule has 2 aromatic carbocycles. The summed E-state index contributed by atoms with van der Waals surface area (Å²) in [6.07, 6.45) is -0.783. The summed E-state index contributed by atoms with van der Waals surface area (Å²) in [4.78, 5) is 0. The Bertz CT molecular complexity index is 602. The molecule has 23 heavy (non-hydrogen) atoms. The molecule has 0 amide bonds. The molecule has 1 fully saturated rings. The van der Waals surface area contributed by atoms with Crippen LogP contribution in [0.1, 0.15) is 18.9 Å². The molecule has 4 heteroatoms. The Kier molecular flexibility index (Phi) is 5.08. The van der Waals surface area contributed by atoms with Gasteiger partial charge in [-0.2, -0.15) is 0 Å². The average molecular weight is 313 g/mol. The zero-order valence-electron chi connectivity index (χ0n) is 13.3. The van der Waals surface area contributed by atoms with E-state index in [1.54, 1.807) is 0 Å². The fourth-order valence-corrected chi connectivity index (χ4v) is 2.81. The highest BCUT2D eigenvalue weighted by molar-refractivity contribution is 5.63. The second-order valence-electron chi connectivity index (χ2n) is 6.03. The Morgan fingerprint density at radius 1 is 1.09 bits per heavy atom. The van der Waals surface area contributed by atoms with Gasteiger partial charge in [0, 0.05) is 12.5 Å². The Morgan fingerprint density at radius 3 is 2.39 bits per heavy atom. The van der Waals surface area contributed by atoms with Crippen LogP contribution in [-0.4, -0.2) is 29.6 Å². The monoisotopic (exact) mass is 313 g/mol. The summed E-state index contributed by atoms with van der Waals surface area (Å²) >= 11 is 0. The Labute approximate surface area is 136 Å². The molecular weight excluding hydrogens is 290 g/mol. The molecule has 1 saturated heterocycles. The molecule has 4 nitrogen and oxygen atoms in total. The maximum Gasteiger partial charge on any atom is 0.160 e. The number of aliphatic hydroxyl groups excluding tert-OH is 1. The Morgan fingerprint density at radius 2 is 1.74 bits per heavy atom. The van der Waals surface area contributed by atoms with Crippen molar-refractivity contribution in [2.75, 3.05) is 0 Å².